The SMILES string of the molecule is [2H]c1c([2H])c(C(C)(C)C)c([2H])c([2H])c1-c1cccc2c3ccc(cc3)oc3ccccc3c3cnc(cc3C([2H])([2H])[2H])n3c4[c-]c(ccc4c4c([2H])c(C(C)(C)C)c([2H])c([2H])c43)oc3[c-]c(ccc3)n3[cH-]n(c12)-c1ccccc1-3.[Pt]. The molecule has 0 fully saturated rings. The van der Waals surface area contributed by atoms with Crippen LogP contribution in [0, 0.1) is 19.0 Å². The van der Waals surface area contributed by atoms with Gasteiger partial charge in [-0.3, -0.25) is 0 Å². The standard InChI is InChI=1S/C63H51N4O2.Pt/c1-40-34-60-64-38-54(40)52-16-8-11-21-59(52)69-46-29-24-42(25-30-46)50-18-13-17-49(41-22-26-43(27-23-41)62(2,3)4)61(50)66-39-65(56-19-9-10-20-57(56)66)45-14-12-15-47(36-45)68-48-31-32-51-53-35-44(63(5,6)7)28-33-55(53)67(60)58(51)37-48;/h8-35,38-39H,1-7H3;/q-3;/i1D3,22D,23D,26D,27D,28D,33D,35D;. The van der Waals surface area contributed by atoms with E-state index in [0.717, 1.165) is 16.8 Å². The van der Waals surface area contributed by atoms with Crippen molar-refractivity contribution in [2.45, 2.75) is 59.2 Å². The van der Waals surface area contributed by atoms with Crippen LogP contribution in [0.2, 0.25) is 0 Å². The van der Waals surface area contributed by atoms with Crippen LogP contribution in [-0.4, -0.2) is 18.5 Å². The first-order valence-electron chi connectivity index (χ1n) is 27.9. The number of aryl methyl sites for hydroxylation is 1. The van der Waals surface area contributed by atoms with E-state index in [-0.39, 0.29) is 96.6 Å². The van der Waals surface area contributed by atoms with Gasteiger partial charge in [0.25, 0.3) is 0 Å². The zero-order valence-corrected chi connectivity index (χ0v) is 41.5. The molecule has 0 aliphatic carbocycles. The maximum Gasteiger partial charge on any atom is 0.135 e. The number of fused-ring (bicyclic) bond motifs is 5. The van der Waals surface area contributed by atoms with Crippen molar-refractivity contribution in [2.24, 2.45) is 0 Å². The minimum absolute atomic E-state index is 0. The molecule has 10 bridgehead atoms. The fourth-order valence-corrected chi connectivity index (χ4v) is 9.06. The van der Waals surface area contributed by atoms with Crippen LogP contribution in [0.3, 0.4) is 0 Å². The molecule has 0 unspecified atom stereocenters. The summed E-state index contributed by atoms with van der Waals surface area (Å²) in [4.78, 5) is 4.92. The summed E-state index contributed by atoms with van der Waals surface area (Å²) in [5.41, 5.74) is 4.68. The van der Waals surface area contributed by atoms with Crippen molar-refractivity contribution in [3.05, 3.63) is 211 Å². The molecule has 6 heterocycles. The predicted molar refractivity (Wildman–Crippen MR) is 286 cm³/mol. The number of hydrogen-bond donors (Lipinski definition) is 0. The summed E-state index contributed by atoms with van der Waals surface area (Å²) in [5.74, 6) is 0. The van der Waals surface area contributed by atoms with Gasteiger partial charge in [-0.2, -0.15) is 24.3 Å². The number of imidazole rings is 1. The van der Waals surface area contributed by atoms with E-state index < -0.39 is 17.7 Å². The summed E-state index contributed by atoms with van der Waals surface area (Å²) in [7, 11) is 0. The molecule has 70 heavy (non-hydrogen) atoms. The first-order valence-corrected chi connectivity index (χ1v) is 22.9. The van der Waals surface area contributed by atoms with Crippen LogP contribution in [0.1, 0.15) is 71.9 Å². The second kappa shape index (κ2) is 17.2. The molecule has 0 spiro atoms. The largest absolute Gasteiger partial charge is 0.510 e. The van der Waals surface area contributed by atoms with E-state index in [1.165, 1.54) is 12.3 Å². The van der Waals surface area contributed by atoms with Crippen LogP contribution in [0.5, 0.6) is 0 Å². The summed E-state index contributed by atoms with van der Waals surface area (Å²) < 4.78 is 112. The van der Waals surface area contributed by atoms with Crippen molar-refractivity contribution < 1.29 is 43.6 Å². The Labute approximate surface area is 435 Å². The molecule has 0 saturated carbocycles. The second-order valence-electron chi connectivity index (χ2n) is 19.4. The topological polar surface area (TPSA) is 53.4 Å². The average molecular weight is 1100 g/mol. The quantitative estimate of drug-likeness (QED) is 0.154. The molecular weight excluding hydrogens is 1040 g/mol. The fourth-order valence-electron chi connectivity index (χ4n) is 9.06. The minimum Gasteiger partial charge on any atom is -0.510 e. The van der Waals surface area contributed by atoms with Crippen molar-refractivity contribution >= 4 is 82.4 Å². The molecule has 1 aliphatic rings. The summed E-state index contributed by atoms with van der Waals surface area (Å²) in [6, 6.07) is 44.6. The third-order valence-electron chi connectivity index (χ3n) is 12.6. The van der Waals surface area contributed by atoms with Gasteiger partial charge in [0.1, 0.15) is 16.8 Å². The van der Waals surface area contributed by atoms with Gasteiger partial charge in [0, 0.05) is 65.2 Å². The molecule has 0 N–H and O–H groups in total. The molecule has 0 amide bonds. The van der Waals surface area contributed by atoms with Crippen molar-refractivity contribution in [1.29, 1.82) is 0 Å². The smallest absolute Gasteiger partial charge is 0.135 e. The van der Waals surface area contributed by atoms with E-state index in [9.17, 15) is 9.60 Å². The first-order chi connectivity index (χ1) is 37.5. The molecule has 13 aromatic rings. The van der Waals surface area contributed by atoms with Gasteiger partial charge < -0.3 is 22.4 Å². The van der Waals surface area contributed by atoms with Crippen molar-refractivity contribution in [1.82, 2.24) is 18.5 Å². The van der Waals surface area contributed by atoms with E-state index in [4.69, 9.17) is 17.9 Å². The molecule has 5 aromatic heterocycles. The molecule has 6 nitrogen and oxygen atoms in total. The molecule has 7 heteroatoms. The molecule has 348 valence electrons. The number of aromatic nitrogens is 4. The minimum atomic E-state index is -2.69. The first kappa shape index (κ1) is 34.7. The molecule has 14 rings (SSSR count). The van der Waals surface area contributed by atoms with Crippen LogP contribution < -0.4 is 0 Å². The van der Waals surface area contributed by atoms with Gasteiger partial charge in [0.2, 0.25) is 0 Å². The number of pyridine rings is 1. The van der Waals surface area contributed by atoms with Gasteiger partial charge in [0.05, 0.1) is 9.60 Å². The van der Waals surface area contributed by atoms with Gasteiger partial charge in [-0.15, -0.1) is 29.1 Å². The van der Waals surface area contributed by atoms with Crippen LogP contribution in [0.15, 0.2) is 191 Å². The van der Waals surface area contributed by atoms with Gasteiger partial charge in [-0.1, -0.05) is 156 Å². The number of nitrogens with zero attached hydrogens (tertiary/aromatic N) is 4. The number of para-hydroxylation sites is 4. The average Bonchev–Trinajstić information content (AvgIpc) is 4.17. The Morgan fingerprint density at radius 2 is 1.31 bits per heavy atom. The van der Waals surface area contributed by atoms with E-state index in [0.29, 0.717) is 71.5 Å². The summed E-state index contributed by atoms with van der Waals surface area (Å²) in [6.07, 6.45) is 3.40. The van der Waals surface area contributed by atoms with E-state index in [1.54, 1.807) is 46.9 Å². The Balaban J connectivity index is 0.00000675. The molecular formula is C63H51N4O2Pt-3. The maximum absolute atomic E-state index is 9.64. The third kappa shape index (κ3) is 7.81. The van der Waals surface area contributed by atoms with E-state index >= 15 is 0 Å². The molecule has 1 aliphatic heterocycles. The van der Waals surface area contributed by atoms with Crippen LogP contribution >= 0.6 is 0 Å². The fraction of sp³-hybridized carbons (Fsp3) is 0.143. The monoisotopic (exact) mass is 1100 g/mol. The Morgan fingerprint density at radius 1 is 0.614 bits per heavy atom. The van der Waals surface area contributed by atoms with Crippen molar-refractivity contribution in [2.75, 3.05) is 0 Å². The van der Waals surface area contributed by atoms with Crippen LogP contribution in [0.25, 0.3) is 105 Å². The normalized spacial score (nSPS) is 14.3. The summed E-state index contributed by atoms with van der Waals surface area (Å²) >= 11 is 0. The zero-order chi connectivity index (χ0) is 55.8. The number of rotatable bonds is 1. The van der Waals surface area contributed by atoms with Crippen LogP contribution in [-0.2, 0) is 31.9 Å². The third-order valence-corrected chi connectivity index (χ3v) is 12.6. The van der Waals surface area contributed by atoms with E-state index in [1.807, 2.05) is 136 Å². The van der Waals surface area contributed by atoms with Gasteiger partial charge in [0.15, 0.2) is 0 Å². The zero-order valence-electron chi connectivity index (χ0n) is 49.2. The second-order valence-corrected chi connectivity index (χ2v) is 19.4. The maximum atomic E-state index is 9.64. The van der Waals surface area contributed by atoms with E-state index in [2.05, 4.69) is 12.1 Å². The van der Waals surface area contributed by atoms with Crippen LogP contribution in [0.4, 0.5) is 0 Å². The molecule has 0 atom stereocenters. The van der Waals surface area contributed by atoms with Gasteiger partial charge >= 0.3 is 0 Å². The summed E-state index contributed by atoms with van der Waals surface area (Å²) in [6.45, 7) is 8.67. The number of benzene rings is 8. The van der Waals surface area contributed by atoms with Gasteiger partial charge in [-0.25, -0.2) is 4.98 Å². The predicted octanol–water partition coefficient (Wildman–Crippen LogP) is 16.9. The number of hydrogen-bond acceptors (Lipinski definition) is 3. The summed E-state index contributed by atoms with van der Waals surface area (Å²) in [5, 5.41) is 3.10. The Bertz CT molecular complexity index is 4680. The van der Waals surface area contributed by atoms with Gasteiger partial charge in [-0.05, 0) is 109 Å². The molecule has 8 aromatic carbocycles. The molecule has 0 saturated heterocycles. The van der Waals surface area contributed by atoms with Crippen molar-refractivity contribution in [3.8, 4) is 22.5 Å². The van der Waals surface area contributed by atoms with Crippen molar-refractivity contribution in [3.63, 3.8) is 0 Å². The Kier molecular flexibility index (Phi) is 8.50. The Hall–Kier alpha value is -7.53. The Morgan fingerprint density at radius 3 is 2.09 bits per heavy atom. The molecule has 0 radical (unpaired) electrons.